The Morgan fingerprint density at radius 2 is 1.96 bits per heavy atom. The quantitative estimate of drug-likeness (QED) is 0.512. The summed E-state index contributed by atoms with van der Waals surface area (Å²) in [4.78, 5) is 4.35. The normalized spacial score (nSPS) is 10.8. The van der Waals surface area contributed by atoms with E-state index in [4.69, 9.17) is 11.1 Å². The van der Waals surface area contributed by atoms with Gasteiger partial charge in [0.25, 0.3) is 0 Å². The lowest BCUT2D eigenvalue weighted by Crippen LogP contribution is -2.04. The van der Waals surface area contributed by atoms with Gasteiger partial charge in [-0.05, 0) is 35.9 Å². The first-order chi connectivity index (χ1) is 11.2. The van der Waals surface area contributed by atoms with Gasteiger partial charge in [0.1, 0.15) is 0 Å². The number of fused-ring (bicyclic) bond motifs is 1. The minimum Gasteiger partial charge on any atom is -0.398 e. The van der Waals surface area contributed by atoms with Crippen LogP contribution in [0.15, 0.2) is 54.9 Å². The minimum atomic E-state index is 0.611. The van der Waals surface area contributed by atoms with Gasteiger partial charge in [0, 0.05) is 40.3 Å². The molecule has 23 heavy (non-hydrogen) atoms. The highest BCUT2D eigenvalue weighted by Gasteiger charge is 2.10. The number of hydrogen-bond acceptors (Lipinski definition) is 3. The molecule has 0 aliphatic rings. The van der Waals surface area contributed by atoms with Gasteiger partial charge < -0.3 is 11.1 Å². The minimum absolute atomic E-state index is 0.611. The molecule has 0 atom stereocenters. The average Bonchev–Trinajstić information content (AvgIpc) is 2.59. The Morgan fingerprint density at radius 3 is 2.78 bits per heavy atom. The van der Waals surface area contributed by atoms with Crippen LogP contribution in [0.3, 0.4) is 0 Å². The van der Waals surface area contributed by atoms with E-state index in [0.29, 0.717) is 11.4 Å². The molecule has 0 bridgehead atoms. The van der Waals surface area contributed by atoms with Crippen molar-refractivity contribution in [1.29, 1.82) is 5.41 Å². The summed E-state index contributed by atoms with van der Waals surface area (Å²) >= 11 is 0. The molecular formula is C20H21N3. The number of benzene rings is 2. The van der Waals surface area contributed by atoms with Gasteiger partial charge in [0.2, 0.25) is 0 Å². The average molecular weight is 303 g/mol. The summed E-state index contributed by atoms with van der Waals surface area (Å²) in [7, 11) is 0. The molecule has 0 fully saturated rings. The van der Waals surface area contributed by atoms with Crippen molar-refractivity contribution in [2.75, 3.05) is 5.73 Å². The van der Waals surface area contributed by atoms with Gasteiger partial charge in [-0.1, -0.05) is 43.7 Å². The molecular weight excluding hydrogens is 282 g/mol. The molecule has 0 saturated heterocycles. The van der Waals surface area contributed by atoms with E-state index in [0.717, 1.165) is 41.3 Å². The summed E-state index contributed by atoms with van der Waals surface area (Å²) in [6.45, 7) is 2.13. The topological polar surface area (TPSA) is 62.8 Å². The van der Waals surface area contributed by atoms with E-state index in [9.17, 15) is 0 Å². The molecule has 3 rings (SSSR count). The Balaban J connectivity index is 2.08. The van der Waals surface area contributed by atoms with Gasteiger partial charge in [0.05, 0.1) is 0 Å². The maximum absolute atomic E-state index is 8.30. The summed E-state index contributed by atoms with van der Waals surface area (Å²) in [5.74, 6) is 0. The molecule has 0 radical (unpaired) electrons. The molecule has 0 aliphatic carbocycles. The first-order valence-electron chi connectivity index (χ1n) is 8.01. The summed E-state index contributed by atoms with van der Waals surface area (Å²) in [5.41, 5.74) is 10.3. The summed E-state index contributed by atoms with van der Waals surface area (Å²) in [6, 6.07) is 14.1. The second kappa shape index (κ2) is 6.61. The summed E-state index contributed by atoms with van der Waals surface area (Å²) < 4.78 is 0. The molecule has 3 aromatic rings. The number of rotatable bonds is 5. The standard InChI is InChI=1S/C20H21N3/c1-2-3-8-19(21)17-11-14(9-10-20(17)22)18-13-23-12-15-6-4-5-7-16(15)18/h4-7,9-13,21H,2-3,8,22H2,1H3. The Hall–Kier alpha value is -2.68. The zero-order chi connectivity index (χ0) is 16.2. The highest BCUT2D eigenvalue weighted by molar-refractivity contribution is 6.05. The number of aromatic nitrogens is 1. The van der Waals surface area contributed by atoms with E-state index >= 15 is 0 Å². The fraction of sp³-hybridized carbons (Fsp3) is 0.200. The van der Waals surface area contributed by atoms with Crippen LogP contribution in [0.5, 0.6) is 0 Å². The van der Waals surface area contributed by atoms with Crippen molar-refractivity contribution in [2.24, 2.45) is 0 Å². The second-order valence-corrected chi connectivity index (χ2v) is 5.79. The third kappa shape index (κ3) is 3.09. The molecule has 0 spiro atoms. The van der Waals surface area contributed by atoms with Crippen LogP contribution in [0.4, 0.5) is 5.69 Å². The number of nitrogens with zero attached hydrogens (tertiary/aromatic N) is 1. The Labute approximate surface area is 136 Å². The predicted octanol–water partition coefficient (Wildman–Crippen LogP) is 5.04. The molecule has 0 saturated carbocycles. The van der Waals surface area contributed by atoms with Gasteiger partial charge in [-0.2, -0.15) is 0 Å². The van der Waals surface area contributed by atoms with Crippen LogP contribution < -0.4 is 5.73 Å². The van der Waals surface area contributed by atoms with Gasteiger partial charge >= 0.3 is 0 Å². The maximum atomic E-state index is 8.30. The highest BCUT2D eigenvalue weighted by Crippen LogP contribution is 2.30. The Bertz CT molecular complexity index is 847. The van der Waals surface area contributed by atoms with Gasteiger partial charge in [-0.15, -0.1) is 0 Å². The third-order valence-corrected chi connectivity index (χ3v) is 4.14. The lowest BCUT2D eigenvalue weighted by Gasteiger charge is -2.11. The second-order valence-electron chi connectivity index (χ2n) is 5.79. The van der Waals surface area contributed by atoms with E-state index in [1.54, 1.807) is 0 Å². The van der Waals surface area contributed by atoms with Crippen LogP contribution in [0.2, 0.25) is 0 Å². The third-order valence-electron chi connectivity index (χ3n) is 4.14. The first kappa shape index (κ1) is 15.2. The van der Waals surface area contributed by atoms with Gasteiger partial charge in [0.15, 0.2) is 0 Å². The van der Waals surface area contributed by atoms with Crippen molar-refractivity contribution in [1.82, 2.24) is 4.98 Å². The van der Waals surface area contributed by atoms with Crippen LogP contribution >= 0.6 is 0 Å². The zero-order valence-corrected chi connectivity index (χ0v) is 13.3. The van der Waals surface area contributed by atoms with Crippen molar-refractivity contribution >= 4 is 22.2 Å². The van der Waals surface area contributed by atoms with Crippen LogP contribution in [0, 0.1) is 5.41 Å². The number of nitrogens with two attached hydrogens (primary N) is 1. The van der Waals surface area contributed by atoms with Crippen molar-refractivity contribution in [3.05, 3.63) is 60.4 Å². The monoisotopic (exact) mass is 303 g/mol. The van der Waals surface area contributed by atoms with Crippen LogP contribution in [-0.2, 0) is 0 Å². The van der Waals surface area contributed by atoms with Gasteiger partial charge in [-0.25, -0.2) is 0 Å². The molecule has 1 heterocycles. The van der Waals surface area contributed by atoms with Crippen molar-refractivity contribution in [2.45, 2.75) is 26.2 Å². The van der Waals surface area contributed by atoms with Crippen molar-refractivity contribution in [3.8, 4) is 11.1 Å². The largest absolute Gasteiger partial charge is 0.398 e. The molecule has 3 heteroatoms. The fourth-order valence-electron chi connectivity index (χ4n) is 2.82. The lowest BCUT2D eigenvalue weighted by atomic mass is 9.95. The molecule has 2 aromatic carbocycles. The van der Waals surface area contributed by atoms with E-state index in [1.165, 1.54) is 5.39 Å². The maximum Gasteiger partial charge on any atom is 0.0407 e. The molecule has 0 unspecified atom stereocenters. The van der Waals surface area contributed by atoms with Crippen molar-refractivity contribution in [3.63, 3.8) is 0 Å². The lowest BCUT2D eigenvalue weighted by molar-refractivity contribution is 0.833. The molecule has 1 aromatic heterocycles. The van der Waals surface area contributed by atoms with Gasteiger partial charge in [-0.3, -0.25) is 4.98 Å². The number of anilines is 1. The molecule has 3 N–H and O–H groups in total. The predicted molar refractivity (Wildman–Crippen MR) is 97.9 cm³/mol. The smallest absolute Gasteiger partial charge is 0.0407 e. The number of pyridine rings is 1. The number of hydrogen-bond donors (Lipinski definition) is 2. The Kier molecular flexibility index (Phi) is 4.38. The fourth-order valence-corrected chi connectivity index (χ4v) is 2.82. The van der Waals surface area contributed by atoms with Crippen molar-refractivity contribution < 1.29 is 0 Å². The Morgan fingerprint density at radius 1 is 1.13 bits per heavy atom. The number of nitrogens with one attached hydrogen (secondary N) is 1. The SMILES string of the molecule is CCCCC(=N)c1cc(-c2cncc3ccccc23)ccc1N. The van der Waals surface area contributed by atoms with E-state index in [2.05, 4.69) is 24.0 Å². The molecule has 0 aliphatic heterocycles. The first-order valence-corrected chi connectivity index (χ1v) is 8.01. The van der Waals surface area contributed by atoms with Crippen LogP contribution in [0.1, 0.15) is 31.7 Å². The highest BCUT2D eigenvalue weighted by atomic mass is 14.6. The van der Waals surface area contributed by atoms with Crippen LogP contribution in [0.25, 0.3) is 21.9 Å². The van der Waals surface area contributed by atoms with E-state index < -0.39 is 0 Å². The zero-order valence-electron chi connectivity index (χ0n) is 13.3. The van der Waals surface area contributed by atoms with Crippen LogP contribution in [-0.4, -0.2) is 10.7 Å². The van der Waals surface area contributed by atoms with E-state index in [1.807, 2.05) is 42.7 Å². The summed E-state index contributed by atoms with van der Waals surface area (Å²) in [6.07, 6.45) is 6.61. The molecule has 116 valence electrons. The molecule has 0 amide bonds. The van der Waals surface area contributed by atoms with E-state index in [-0.39, 0.29) is 0 Å². The summed E-state index contributed by atoms with van der Waals surface area (Å²) in [5, 5.41) is 10.6. The number of unbranched alkanes of at least 4 members (excludes halogenated alkanes) is 1. The molecule has 3 nitrogen and oxygen atoms in total. The number of nitrogen functional groups attached to an aromatic ring is 1.